The van der Waals surface area contributed by atoms with Crippen LogP contribution in [-0.4, -0.2) is 0 Å². The van der Waals surface area contributed by atoms with Gasteiger partial charge in [0, 0.05) is 49.6 Å². The fourth-order valence-corrected chi connectivity index (χ4v) is 12.7. The molecule has 14 rings (SSSR count). The number of rotatable bonds is 5. The van der Waals surface area contributed by atoms with Crippen LogP contribution < -0.4 is 4.90 Å². The third-order valence-electron chi connectivity index (χ3n) is 16.5. The van der Waals surface area contributed by atoms with E-state index in [1.54, 1.807) is 0 Å². The van der Waals surface area contributed by atoms with Gasteiger partial charge in [0.25, 0.3) is 0 Å². The summed E-state index contributed by atoms with van der Waals surface area (Å²) in [4.78, 5) is 2.52. The number of hydrogen-bond donors (Lipinski definition) is 0. The summed E-state index contributed by atoms with van der Waals surface area (Å²) in [5.74, 6) is 0. The lowest BCUT2D eigenvalue weighted by atomic mass is 9.81. The van der Waals surface area contributed by atoms with Crippen LogP contribution in [0.15, 0.2) is 205 Å². The van der Waals surface area contributed by atoms with Crippen LogP contribution in [0.2, 0.25) is 0 Å². The summed E-state index contributed by atoms with van der Waals surface area (Å²) in [6, 6.07) is 75.1. The van der Waals surface area contributed by atoms with Crippen LogP contribution in [0.4, 0.5) is 17.1 Å². The van der Waals surface area contributed by atoms with Gasteiger partial charge >= 0.3 is 0 Å². The maximum Gasteiger partial charge on any atom is 0.143 e. The molecule has 0 fully saturated rings. The van der Waals surface area contributed by atoms with Crippen LogP contribution in [-0.2, 0) is 16.2 Å². The molecule has 1 aromatic heterocycles. The van der Waals surface area contributed by atoms with Crippen LogP contribution in [0.5, 0.6) is 0 Å². The zero-order valence-electron chi connectivity index (χ0n) is 39.9. The normalized spacial score (nSPS) is 15.2. The highest BCUT2D eigenvalue weighted by molar-refractivity contribution is 6.09. The maximum atomic E-state index is 6.55. The molecule has 11 aromatic rings. The van der Waals surface area contributed by atoms with Gasteiger partial charge in [-0.2, -0.15) is 0 Å². The van der Waals surface area contributed by atoms with E-state index >= 15 is 0 Å². The van der Waals surface area contributed by atoms with E-state index in [2.05, 4.69) is 241 Å². The molecule has 3 aliphatic carbocycles. The highest BCUT2D eigenvalue weighted by atomic mass is 16.3. The quantitative estimate of drug-likeness (QED) is 0.171. The van der Waals surface area contributed by atoms with E-state index in [1.807, 2.05) is 6.07 Å². The summed E-state index contributed by atoms with van der Waals surface area (Å²) in [7, 11) is 0. The second kappa shape index (κ2) is 14.1. The van der Waals surface area contributed by atoms with E-state index in [1.165, 1.54) is 94.2 Å². The maximum absolute atomic E-state index is 6.55. The zero-order valence-corrected chi connectivity index (χ0v) is 39.9. The summed E-state index contributed by atoms with van der Waals surface area (Å²) < 4.78 is 6.55. The Morgan fingerprint density at radius 1 is 0.304 bits per heavy atom. The predicted molar refractivity (Wildman–Crippen MR) is 289 cm³/mol. The van der Waals surface area contributed by atoms with Crippen molar-refractivity contribution < 1.29 is 4.42 Å². The SMILES string of the molecule is CC1(C)c2ccccc2-c2ccc(N(c3ccc4c(c3)C(C)(C)c3cc(-c5ccc6ccccc6c5)ccc3-4)c3ccc4c(c3)C(C)(C)c3cc(-c5cccc6c5oc5ccccc56)ccc3-4)cc21. The summed E-state index contributed by atoms with van der Waals surface area (Å²) >= 11 is 0. The first kappa shape index (κ1) is 40.2. The van der Waals surface area contributed by atoms with Crippen LogP contribution in [0.25, 0.3) is 88.3 Å². The molecule has 10 aromatic carbocycles. The molecule has 0 unspecified atom stereocenters. The van der Waals surface area contributed by atoms with Crippen molar-refractivity contribution in [1.29, 1.82) is 0 Å². The average Bonchev–Trinajstić information content (AvgIpc) is 4.02. The molecule has 0 aliphatic heterocycles. The first-order valence-corrected chi connectivity index (χ1v) is 24.5. The molecule has 0 saturated carbocycles. The number of hydrogen-bond acceptors (Lipinski definition) is 2. The fraction of sp³-hybridized carbons (Fsp3) is 0.134. The first-order valence-electron chi connectivity index (χ1n) is 24.5. The van der Waals surface area contributed by atoms with Gasteiger partial charge in [-0.25, -0.2) is 0 Å². The Labute approximate surface area is 404 Å². The number of para-hydroxylation sites is 2. The van der Waals surface area contributed by atoms with E-state index in [9.17, 15) is 0 Å². The largest absolute Gasteiger partial charge is 0.455 e. The van der Waals surface area contributed by atoms with Gasteiger partial charge in [-0.3, -0.25) is 0 Å². The monoisotopic (exact) mass is 885 g/mol. The van der Waals surface area contributed by atoms with Gasteiger partial charge in [-0.05, 0) is 155 Å². The lowest BCUT2D eigenvalue weighted by Crippen LogP contribution is -2.19. The predicted octanol–water partition coefficient (Wildman–Crippen LogP) is 18.5. The fourth-order valence-electron chi connectivity index (χ4n) is 12.7. The van der Waals surface area contributed by atoms with Crippen LogP contribution in [0.3, 0.4) is 0 Å². The Morgan fingerprint density at radius 3 is 1.39 bits per heavy atom. The Morgan fingerprint density at radius 2 is 0.739 bits per heavy atom. The van der Waals surface area contributed by atoms with Gasteiger partial charge in [0.15, 0.2) is 0 Å². The van der Waals surface area contributed by atoms with E-state index in [0.717, 1.165) is 44.6 Å². The number of furan rings is 1. The molecule has 0 bridgehead atoms. The molecule has 0 N–H and O–H groups in total. The van der Waals surface area contributed by atoms with Crippen molar-refractivity contribution in [2.75, 3.05) is 4.90 Å². The molecule has 0 amide bonds. The molecule has 0 spiro atoms. The molecular formula is C67H51NO. The van der Waals surface area contributed by atoms with Gasteiger partial charge in [-0.15, -0.1) is 0 Å². The number of anilines is 3. The standard InChI is InChI=1S/C67H51NO/c1-65(2)57-20-11-9-16-49(57)52-31-26-45(37-60(52)65)68(46-27-32-53-50-29-24-43(35-58(50)66(3,4)61(53)38-46)42-23-22-40-14-7-8-15-41(40)34-42)47-28-33-54-51-30-25-44(36-59(51)67(5,6)62(54)39-47)48-18-13-19-56-55-17-10-12-21-63(55)69-64(48)56/h7-39H,1-6H3. The lowest BCUT2D eigenvalue weighted by Gasteiger charge is -2.31. The Balaban J connectivity index is 0.895. The van der Waals surface area contributed by atoms with E-state index in [-0.39, 0.29) is 16.2 Å². The topological polar surface area (TPSA) is 16.4 Å². The molecule has 0 saturated heterocycles. The molecular weight excluding hydrogens is 835 g/mol. The van der Waals surface area contributed by atoms with Crippen molar-refractivity contribution in [3.63, 3.8) is 0 Å². The Kier molecular flexibility index (Phi) is 8.18. The minimum Gasteiger partial charge on any atom is -0.455 e. The lowest BCUT2D eigenvalue weighted by molar-refractivity contribution is 0.659. The third-order valence-corrected chi connectivity index (χ3v) is 16.5. The molecule has 330 valence electrons. The summed E-state index contributed by atoms with van der Waals surface area (Å²) in [5, 5.41) is 4.84. The van der Waals surface area contributed by atoms with E-state index < -0.39 is 0 Å². The molecule has 0 atom stereocenters. The minimum absolute atomic E-state index is 0.135. The summed E-state index contributed by atoms with van der Waals surface area (Å²) in [6.45, 7) is 14.4. The number of fused-ring (bicyclic) bond motifs is 13. The second-order valence-corrected chi connectivity index (χ2v) is 21.3. The summed E-state index contributed by atoms with van der Waals surface area (Å²) in [5.41, 5.74) is 25.6. The molecule has 2 nitrogen and oxygen atoms in total. The van der Waals surface area contributed by atoms with Crippen molar-refractivity contribution in [1.82, 2.24) is 0 Å². The van der Waals surface area contributed by atoms with Crippen molar-refractivity contribution >= 4 is 49.8 Å². The van der Waals surface area contributed by atoms with Crippen molar-refractivity contribution in [2.24, 2.45) is 0 Å². The van der Waals surface area contributed by atoms with Crippen LogP contribution in [0.1, 0.15) is 74.9 Å². The van der Waals surface area contributed by atoms with Gasteiger partial charge in [0.2, 0.25) is 0 Å². The van der Waals surface area contributed by atoms with Crippen molar-refractivity contribution in [3.8, 4) is 55.6 Å². The second-order valence-electron chi connectivity index (χ2n) is 21.3. The number of benzene rings is 10. The third kappa shape index (κ3) is 5.66. The Hall–Kier alpha value is -7.94. The molecule has 3 aliphatic rings. The first-order chi connectivity index (χ1) is 33.4. The smallest absolute Gasteiger partial charge is 0.143 e. The van der Waals surface area contributed by atoms with Gasteiger partial charge in [-0.1, -0.05) is 181 Å². The summed E-state index contributed by atoms with van der Waals surface area (Å²) in [6.07, 6.45) is 0. The Bertz CT molecular complexity index is 4010. The minimum atomic E-state index is -0.254. The molecule has 69 heavy (non-hydrogen) atoms. The van der Waals surface area contributed by atoms with Crippen molar-refractivity contribution in [3.05, 3.63) is 234 Å². The highest BCUT2D eigenvalue weighted by Crippen LogP contribution is 2.56. The van der Waals surface area contributed by atoms with Crippen LogP contribution in [0, 0.1) is 0 Å². The van der Waals surface area contributed by atoms with Gasteiger partial charge in [0.1, 0.15) is 11.2 Å². The number of nitrogens with zero attached hydrogens (tertiary/aromatic N) is 1. The van der Waals surface area contributed by atoms with E-state index in [4.69, 9.17) is 4.42 Å². The zero-order chi connectivity index (χ0) is 46.6. The molecule has 2 heteroatoms. The van der Waals surface area contributed by atoms with E-state index in [0.29, 0.717) is 0 Å². The average molecular weight is 886 g/mol. The molecule has 1 heterocycles. The molecule has 0 radical (unpaired) electrons. The highest BCUT2D eigenvalue weighted by Gasteiger charge is 2.40. The van der Waals surface area contributed by atoms with Gasteiger partial charge < -0.3 is 9.32 Å². The van der Waals surface area contributed by atoms with Crippen LogP contribution >= 0.6 is 0 Å². The van der Waals surface area contributed by atoms with Crippen molar-refractivity contribution in [2.45, 2.75) is 57.8 Å². The van der Waals surface area contributed by atoms with Gasteiger partial charge in [0.05, 0.1) is 0 Å².